The van der Waals surface area contributed by atoms with Crippen molar-refractivity contribution in [1.82, 2.24) is 30.2 Å². The number of benzene rings is 1. The number of unbranched alkanes of at least 4 members (excludes halogenated alkanes) is 3. The molecule has 0 bridgehead atoms. The summed E-state index contributed by atoms with van der Waals surface area (Å²) in [7, 11) is 0. The fraction of sp³-hybridized carbons (Fsp3) is 0.529. The second-order valence-corrected chi connectivity index (χ2v) is 12.8. The van der Waals surface area contributed by atoms with E-state index in [0.29, 0.717) is 56.3 Å². The molecule has 2 unspecified atom stereocenters. The van der Waals surface area contributed by atoms with Crippen molar-refractivity contribution in [2.45, 2.75) is 77.5 Å². The number of amides is 2. The van der Waals surface area contributed by atoms with E-state index in [-0.39, 0.29) is 37.5 Å². The van der Waals surface area contributed by atoms with Crippen molar-refractivity contribution in [2.24, 2.45) is 0 Å². The summed E-state index contributed by atoms with van der Waals surface area (Å²) >= 11 is 0. The van der Waals surface area contributed by atoms with Crippen LogP contribution in [-0.4, -0.2) is 87.9 Å². The molecule has 2 aromatic heterocycles. The molecule has 1 fully saturated rings. The van der Waals surface area contributed by atoms with Gasteiger partial charge in [-0.1, -0.05) is 12.8 Å². The third-order valence-electron chi connectivity index (χ3n) is 8.17. The Morgan fingerprint density at radius 2 is 1.81 bits per heavy atom. The highest BCUT2D eigenvalue weighted by Gasteiger charge is 2.35. The van der Waals surface area contributed by atoms with Crippen molar-refractivity contribution >= 4 is 17.7 Å². The van der Waals surface area contributed by atoms with Crippen LogP contribution in [0.5, 0.6) is 5.75 Å². The van der Waals surface area contributed by atoms with Crippen molar-refractivity contribution in [3.8, 4) is 17.4 Å². The first-order chi connectivity index (χ1) is 23.0. The topological polar surface area (TPSA) is 132 Å². The molecule has 1 aromatic carbocycles. The molecule has 2 atom stereocenters. The Labute approximate surface area is 279 Å². The summed E-state index contributed by atoms with van der Waals surface area (Å²) in [5.74, 6) is -1.52. The zero-order chi connectivity index (χ0) is 34.3. The van der Waals surface area contributed by atoms with Gasteiger partial charge in [-0.2, -0.15) is 4.39 Å². The van der Waals surface area contributed by atoms with Crippen molar-refractivity contribution < 1.29 is 32.6 Å². The van der Waals surface area contributed by atoms with Crippen LogP contribution in [0.4, 0.5) is 19.3 Å². The molecule has 4 heterocycles. The lowest BCUT2D eigenvalue weighted by molar-refractivity contribution is -0.132. The van der Waals surface area contributed by atoms with Crippen LogP contribution < -0.4 is 15.0 Å². The minimum absolute atomic E-state index is 0.116. The number of ether oxygens (including phenoxy) is 3. The second kappa shape index (κ2) is 15.6. The molecule has 0 radical (unpaired) electrons. The molecule has 3 aromatic rings. The highest BCUT2D eigenvalue weighted by Crippen LogP contribution is 2.36. The van der Waals surface area contributed by atoms with Gasteiger partial charge < -0.3 is 24.4 Å². The Morgan fingerprint density at radius 3 is 2.58 bits per heavy atom. The van der Waals surface area contributed by atoms with Gasteiger partial charge >= 0.3 is 6.09 Å². The molecular formula is C34H43F2N7O5. The summed E-state index contributed by atoms with van der Waals surface area (Å²) in [6, 6.07) is 3.54. The van der Waals surface area contributed by atoms with Crippen LogP contribution in [-0.2, 0) is 20.7 Å². The molecule has 0 aliphatic carbocycles. The monoisotopic (exact) mass is 667 g/mol. The Hall–Kier alpha value is -4.46. The van der Waals surface area contributed by atoms with E-state index in [4.69, 9.17) is 14.2 Å². The average molecular weight is 668 g/mol. The number of halogens is 2. The van der Waals surface area contributed by atoms with Crippen molar-refractivity contribution in [1.29, 1.82) is 0 Å². The Bertz CT molecular complexity index is 1570. The van der Waals surface area contributed by atoms with Crippen LogP contribution in [0.2, 0.25) is 0 Å². The number of nitrogens with one attached hydrogen (secondary N) is 1. The zero-order valence-electron chi connectivity index (χ0n) is 27.9. The van der Waals surface area contributed by atoms with E-state index in [0.717, 1.165) is 24.1 Å². The SMILES string of the molecule is CC1c2cnc(-c3ncccn3)nc2CCN1c1cc(F)c(F)c(OCCCCCCNC(=O)C2COCCN2C(=O)OC(C)(C)C)c1. The van der Waals surface area contributed by atoms with Crippen molar-refractivity contribution in [2.75, 3.05) is 44.4 Å². The lowest BCUT2D eigenvalue weighted by Gasteiger charge is -2.36. The van der Waals surface area contributed by atoms with E-state index < -0.39 is 29.4 Å². The molecule has 2 aliphatic rings. The van der Waals surface area contributed by atoms with Gasteiger partial charge in [0.05, 0.1) is 31.6 Å². The number of hydrogen-bond acceptors (Lipinski definition) is 10. The summed E-state index contributed by atoms with van der Waals surface area (Å²) < 4.78 is 46.0. The second-order valence-electron chi connectivity index (χ2n) is 12.8. The Morgan fingerprint density at radius 1 is 1.04 bits per heavy atom. The largest absolute Gasteiger partial charge is 0.490 e. The first-order valence-corrected chi connectivity index (χ1v) is 16.4. The number of morpholine rings is 1. The molecule has 1 saturated heterocycles. The lowest BCUT2D eigenvalue weighted by Crippen LogP contribution is -2.56. The predicted molar refractivity (Wildman–Crippen MR) is 173 cm³/mol. The zero-order valence-corrected chi connectivity index (χ0v) is 27.9. The van der Waals surface area contributed by atoms with Crippen LogP contribution in [0.15, 0.2) is 36.8 Å². The maximum Gasteiger partial charge on any atom is 0.411 e. The fourth-order valence-corrected chi connectivity index (χ4v) is 5.71. The fourth-order valence-electron chi connectivity index (χ4n) is 5.71. The minimum atomic E-state index is -1.02. The number of carbonyl (C=O) groups excluding carboxylic acids is 2. The van der Waals surface area contributed by atoms with Crippen LogP contribution in [0.1, 0.15) is 70.7 Å². The molecule has 12 nitrogen and oxygen atoms in total. The number of rotatable bonds is 11. The van der Waals surface area contributed by atoms with E-state index in [1.165, 1.54) is 17.0 Å². The van der Waals surface area contributed by atoms with Crippen molar-refractivity contribution in [3.05, 3.63) is 59.7 Å². The van der Waals surface area contributed by atoms with E-state index in [1.807, 2.05) is 11.8 Å². The van der Waals surface area contributed by atoms with Gasteiger partial charge in [0.1, 0.15) is 11.6 Å². The molecule has 0 saturated carbocycles. The van der Waals surface area contributed by atoms with E-state index in [9.17, 15) is 18.4 Å². The van der Waals surface area contributed by atoms with Gasteiger partial charge in [-0.05, 0) is 46.6 Å². The molecule has 0 spiro atoms. The maximum atomic E-state index is 14.7. The molecule has 258 valence electrons. The number of aromatic nitrogens is 4. The summed E-state index contributed by atoms with van der Waals surface area (Å²) in [5, 5.41) is 2.88. The van der Waals surface area contributed by atoms with Gasteiger partial charge in [-0.3, -0.25) is 9.69 Å². The van der Waals surface area contributed by atoms with Gasteiger partial charge in [0.15, 0.2) is 23.2 Å². The molecule has 48 heavy (non-hydrogen) atoms. The van der Waals surface area contributed by atoms with Crippen LogP contribution in [0, 0.1) is 11.6 Å². The van der Waals surface area contributed by atoms with E-state index in [1.54, 1.807) is 45.4 Å². The number of nitrogens with zero attached hydrogens (tertiary/aromatic N) is 6. The van der Waals surface area contributed by atoms with E-state index >= 15 is 0 Å². The van der Waals surface area contributed by atoms with E-state index in [2.05, 4.69) is 25.3 Å². The minimum Gasteiger partial charge on any atom is -0.490 e. The van der Waals surface area contributed by atoms with Crippen molar-refractivity contribution in [3.63, 3.8) is 0 Å². The third-order valence-corrected chi connectivity index (χ3v) is 8.17. The standard InChI is InChI=1S/C34H43F2N7O5/c1-22-24-20-40-31(30-37-12-9-13-38-30)41-26(24)10-14-42(22)23-18-25(35)29(36)28(19-23)47-16-8-6-5-7-11-39-32(44)27-21-46-17-15-43(27)33(45)48-34(2,3)4/h9,12-13,18-20,22,27H,5-8,10-11,14-17,21H2,1-4H3,(H,39,44). The third kappa shape index (κ3) is 8.71. The summed E-state index contributed by atoms with van der Waals surface area (Å²) in [5.41, 5.74) is 1.63. The van der Waals surface area contributed by atoms with Gasteiger partial charge in [0.25, 0.3) is 0 Å². The lowest BCUT2D eigenvalue weighted by atomic mass is 9.98. The Kier molecular flexibility index (Phi) is 11.3. The summed E-state index contributed by atoms with van der Waals surface area (Å²) in [6.07, 6.45) is 7.98. The molecule has 5 rings (SSSR count). The number of hydrogen-bond donors (Lipinski definition) is 1. The maximum absolute atomic E-state index is 14.7. The average Bonchev–Trinajstić information content (AvgIpc) is 3.07. The predicted octanol–water partition coefficient (Wildman–Crippen LogP) is 5.03. The smallest absolute Gasteiger partial charge is 0.411 e. The van der Waals surface area contributed by atoms with Gasteiger partial charge in [-0.15, -0.1) is 0 Å². The van der Waals surface area contributed by atoms with Crippen LogP contribution >= 0.6 is 0 Å². The molecule has 2 amide bonds. The van der Waals surface area contributed by atoms with Gasteiger partial charge in [0, 0.05) is 68.0 Å². The highest BCUT2D eigenvalue weighted by molar-refractivity contribution is 5.86. The number of anilines is 1. The molecular weight excluding hydrogens is 624 g/mol. The highest BCUT2D eigenvalue weighted by atomic mass is 19.2. The number of fused-ring (bicyclic) bond motifs is 1. The summed E-state index contributed by atoms with van der Waals surface area (Å²) in [6.45, 7) is 9.26. The summed E-state index contributed by atoms with van der Waals surface area (Å²) in [4.78, 5) is 46.3. The van der Waals surface area contributed by atoms with Gasteiger partial charge in [0.2, 0.25) is 11.7 Å². The van der Waals surface area contributed by atoms with Gasteiger partial charge in [-0.25, -0.2) is 29.1 Å². The first kappa shape index (κ1) is 34.9. The molecule has 1 N–H and O–H groups in total. The van der Waals surface area contributed by atoms with Crippen LogP contribution in [0.3, 0.4) is 0 Å². The quantitative estimate of drug-likeness (QED) is 0.278. The molecule has 14 heteroatoms. The number of carbonyl (C=O) groups is 2. The molecule has 2 aliphatic heterocycles. The normalized spacial score (nSPS) is 17.9. The first-order valence-electron chi connectivity index (χ1n) is 16.4. The van der Waals surface area contributed by atoms with Crippen LogP contribution in [0.25, 0.3) is 11.6 Å². The Balaban J connectivity index is 1.07.